The summed E-state index contributed by atoms with van der Waals surface area (Å²) in [6, 6.07) is 7.56. The van der Waals surface area contributed by atoms with Crippen molar-refractivity contribution in [1.82, 2.24) is 4.90 Å². The van der Waals surface area contributed by atoms with Crippen molar-refractivity contribution in [2.24, 2.45) is 0 Å². The summed E-state index contributed by atoms with van der Waals surface area (Å²) in [5, 5.41) is 0. The predicted octanol–water partition coefficient (Wildman–Crippen LogP) is 4.39. The lowest BCUT2D eigenvalue weighted by Gasteiger charge is -2.33. The molecule has 0 spiro atoms. The molecule has 1 aliphatic rings. The van der Waals surface area contributed by atoms with Crippen LogP contribution in [0.2, 0.25) is 0 Å². The molecule has 0 N–H and O–H groups in total. The average Bonchev–Trinajstić information content (AvgIpc) is 2.38. The first-order valence-corrected chi connectivity index (χ1v) is 7.02. The molecule has 1 fully saturated rings. The zero-order valence-corrected chi connectivity index (χ0v) is 12.0. The van der Waals surface area contributed by atoms with Crippen molar-refractivity contribution in [3.63, 3.8) is 0 Å². The lowest BCUT2D eigenvalue weighted by atomic mass is 9.80. The molecule has 0 bridgehead atoms. The van der Waals surface area contributed by atoms with E-state index < -0.39 is 5.92 Å². The highest BCUT2D eigenvalue weighted by Gasteiger charge is 2.28. The van der Waals surface area contributed by atoms with Gasteiger partial charge in [-0.15, -0.1) is 0 Å². The lowest BCUT2D eigenvalue weighted by molar-refractivity contribution is 0.0173. The molecule has 1 aromatic rings. The summed E-state index contributed by atoms with van der Waals surface area (Å²) in [6.45, 7) is 0.968. The fraction of sp³-hybridized carbons (Fsp3) is 0.625. The molecule has 1 aromatic carbocycles. The second-order valence-electron chi connectivity index (χ2n) is 5.99. The van der Waals surface area contributed by atoms with Gasteiger partial charge >= 0.3 is 0 Å². The van der Waals surface area contributed by atoms with E-state index in [0.29, 0.717) is 12.0 Å². The van der Waals surface area contributed by atoms with Crippen LogP contribution in [0.5, 0.6) is 0 Å². The van der Waals surface area contributed by atoms with Crippen molar-refractivity contribution >= 4 is 0 Å². The Hall–Kier alpha value is -0.960. The summed E-state index contributed by atoms with van der Waals surface area (Å²) in [5.74, 6) is -2.32. The van der Waals surface area contributed by atoms with Crippen LogP contribution >= 0.6 is 0 Å². The minimum Gasteiger partial charge on any atom is -0.306 e. The van der Waals surface area contributed by atoms with E-state index in [1.54, 1.807) is 12.1 Å². The molecule has 0 saturated heterocycles. The zero-order chi connectivity index (χ0) is 14.0. The maximum atomic E-state index is 13.4. The summed E-state index contributed by atoms with van der Waals surface area (Å²) in [5.41, 5.74) is 1.21. The predicted molar refractivity (Wildman–Crippen MR) is 74.7 cm³/mol. The van der Waals surface area contributed by atoms with Crippen LogP contribution < -0.4 is 0 Å². The first-order chi connectivity index (χ1) is 8.88. The average molecular weight is 267 g/mol. The van der Waals surface area contributed by atoms with Gasteiger partial charge in [0.1, 0.15) is 0 Å². The number of halogens is 2. The highest BCUT2D eigenvalue weighted by molar-refractivity contribution is 5.29. The summed E-state index contributed by atoms with van der Waals surface area (Å²) >= 11 is 0. The van der Waals surface area contributed by atoms with Crippen molar-refractivity contribution in [2.45, 2.75) is 50.5 Å². The van der Waals surface area contributed by atoms with Gasteiger partial charge in [0.2, 0.25) is 0 Å². The molecule has 0 aliphatic heterocycles. The van der Waals surface area contributed by atoms with Crippen molar-refractivity contribution < 1.29 is 8.78 Å². The Morgan fingerprint density at radius 3 is 2.58 bits per heavy atom. The van der Waals surface area contributed by atoms with E-state index in [4.69, 9.17) is 0 Å². The molecule has 106 valence electrons. The minimum absolute atomic E-state index is 0.136. The van der Waals surface area contributed by atoms with Crippen molar-refractivity contribution in [2.75, 3.05) is 14.1 Å². The molecule has 1 aliphatic carbocycles. The van der Waals surface area contributed by atoms with Crippen molar-refractivity contribution in [1.29, 1.82) is 0 Å². The topological polar surface area (TPSA) is 3.24 Å². The smallest absolute Gasteiger partial charge is 0.270 e. The maximum Gasteiger partial charge on any atom is 0.270 e. The van der Waals surface area contributed by atoms with Gasteiger partial charge in [0.15, 0.2) is 0 Å². The number of hydrogen-bond acceptors (Lipinski definition) is 1. The van der Waals surface area contributed by atoms with E-state index in [1.165, 1.54) is 18.9 Å². The molecule has 2 unspecified atom stereocenters. The van der Waals surface area contributed by atoms with Crippen LogP contribution in [-0.4, -0.2) is 25.0 Å². The summed E-state index contributed by atoms with van der Waals surface area (Å²) < 4.78 is 26.8. The summed E-state index contributed by atoms with van der Waals surface area (Å²) in [4.78, 5) is 2.25. The Bertz CT molecular complexity index is 423. The monoisotopic (exact) mass is 267 g/mol. The van der Waals surface area contributed by atoms with Crippen LogP contribution in [0, 0.1) is 0 Å². The molecule has 0 heterocycles. The van der Waals surface area contributed by atoms with Gasteiger partial charge in [-0.2, -0.15) is 0 Å². The quantitative estimate of drug-likeness (QED) is 0.785. The number of rotatable bonds is 3. The molecule has 1 saturated carbocycles. The third-order valence-electron chi connectivity index (χ3n) is 4.24. The first-order valence-electron chi connectivity index (χ1n) is 7.02. The van der Waals surface area contributed by atoms with Crippen LogP contribution in [0.15, 0.2) is 24.3 Å². The molecule has 1 nitrogen and oxygen atoms in total. The molecule has 0 aromatic heterocycles. The molecular formula is C16H23F2N. The standard InChI is InChI=1S/C16H23F2N/c1-16(17,18)14-8-4-6-12(10-14)13-7-5-9-15(11-13)19(2)3/h4,6,8,10,13,15H,5,7,9,11H2,1-3H3. The summed E-state index contributed by atoms with van der Waals surface area (Å²) in [7, 11) is 4.20. The number of hydrogen-bond donors (Lipinski definition) is 0. The fourth-order valence-corrected chi connectivity index (χ4v) is 3.00. The highest BCUT2D eigenvalue weighted by atomic mass is 19.3. The van der Waals surface area contributed by atoms with E-state index >= 15 is 0 Å². The minimum atomic E-state index is -2.74. The summed E-state index contributed by atoms with van der Waals surface area (Å²) in [6.07, 6.45) is 4.59. The van der Waals surface area contributed by atoms with Gasteiger partial charge in [-0.3, -0.25) is 0 Å². The second kappa shape index (κ2) is 5.58. The van der Waals surface area contributed by atoms with E-state index in [0.717, 1.165) is 25.3 Å². The van der Waals surface area contributed by atoms with E-state index in [9.17, 15) is 8.78 Å². The van der Waals surface area contributed by atoms with Gasteiger partial charge in [0.25, 0.3) is 5.92 Å². The van der Waals surface area contributed by atoms with Crippen LogP contribution in [0.1, 0.15) is 49.7 Å². The first kappa shape index (κ1) is 14.4. The second-order valence-corrected chi connectivity index (χ2v) is 5.99. The van der Waals surface area contributed by atoms with E-state index in [2.05, 4.69) is 19.0 Å². The Morgan fingerprint density at radius 1 is 1.21 bits per heavy atom. The van der Waals surface area contributed by atoms with Crippen molar-refractivity contribution in [3.05, 3.63) is 35.4 Å². The molecule has 0 amide bonds. The normalized spacial score (nSPS) is 24.7. The maximum absolute atomic E-state index is 13.4. The van der Waals surface area contributed by atoms with E-state index in [-0.39, 0.29) is 5.56 Å². The zero-order valence-electron chi connectivity index (χ0n) is 12.0. The molecular weight excluding hydrogens is 244 g/mol. The van der Waals surface area contributed by atoms with E-state index in [1.807, 2.05) is 6.07 Å². The largest absolute Gasteiger partial charge is 0.306 e. The molecule has 2 rings (SSSR count). The van der Waals surface area contributed by atoms with Gasteiger partial charge < -0.3 is 4.90 Å². The van der Waals surface area contributed by atoms with Crippen LogP contribution in [0.3, 0.4) is 0 Å². The van der Waals surface area contributed by atoms with Gasteiger partial charge in [-0.05, 0) is 50.9 Å². The number of alkyl halides is 2. The third kappa shape index (κ3) is 3.53. The highest BCUT2D eigenvalue weighted by Crippen LogP contribution is 2.36. The number of benzene rings is 1. The SMILES string of the molecule is CN(C)C1CCCC(c2cccc(C(C)(F)F)c2)C1. The number of nitrogens with zero attached hydrogens (tertiary/aromatic N) is 1. The van der Waals surface area contributed by atoms with Gasteiger partial charge in [0.05, 0.1) is 0 Å². The Balaban J connectivity index is 2.17. The Kier molecular flexibility index (Phi) is 4.24. The van der Waals surface area contributed by atoms with Crippen LogP contribution in [0.25, 0.3) is 0 Å². The molecule has 3 heteroatoms. The molecule has 2 atom stereocenters. The van der Waals surface area contributed by atoms with Crippen LogP contribution in [-0.2, 0) is 5.92 Å². The Morgan fingerprint density at radius 2 is 1.95 bits per heavy atom. The van der Waals surface area contributed by atoms with Crippen LogP contribution in [0.4, 0.5) is 8.78 Å². The Labute approximate surface area is 114 Å². The van der Waals surface area contributed by atoms with Crippen molar-refractivity contribution in [3.8, 4) is 0 Å². The van der Waals surface area contributed by atoms with Gasteiger partial charge in [-0.25, -0.2) is 8.78 Å². The molecule has 19 heavy (non-hydrogen) atoms. The van der Waals surface area contributed by atoms with Gasteiger partial charge in [-0.1, -0.05) is 24.6 Å². The molecule has 0 radical (unpaired) electrons. The fourth-order valence-electron chi connectivity index (χ4n) is 3.00. The third-order valence-corrected chi connectivity index (χ3v) is 4.24. The van der Waals surface area contributed by atoms with Gasteiger partial charge in [0, 0.05) is 18.5 Å². The lowest BCUT2D eigenvalue weighted by Crippen LogP contribution is -2.32.